The molecule has 0 heterocycles. The summed E-state index contributed by atoms with van der Waals surface area (Å²) in [6.07, 6.45) is 6.15. The second-order valence-corrected chi connectivity index (χ2v) is 6.97. The summed E-state index contributed by atoms with van der Waals surface area (Å²) < 4.78 is 28.4. The molecule has 18 heavy (non-hydrogen) atoms. The maximum Gasteiger partial charge on any atom is 0.324 e. The van der Waals surface area contributed by atoms with E-state index in [0.717, 1.165) is 19.3 Å². The van der Waals surface area contributed by atoms with Gasteiger partial charge in [-0.3, -0.25) is 4.79 Å². The van der Waals surface area contributed by atoms with Crippen molar-refractivity contribution in [1.29, 1.82) is 0 Å². The van der Waals surface area contributed by atoms with Gasteiger partial charge in [-0.2, -0.15) is 0 Å². The fourth-order valence-electron chi connectivity index (χ4n) is 1.67. The summed E-state index contributed by atoms with van der Waals surface area (Å²) in [5.74, 6) is -0.553. The lowest BCUT2D eigenvalue weighted by atomic mass is 10.1. The van der Waals surface area contributed by atoms with Gasteiger partial charge >= 0.3 is 5.97 Å². The fourth-order valence-corrected chi connectivity index (χ4v) is 2.99. The van der Waals surface area contributed by atoms with Crippen molar-refractivity contribution in [1.82, 2.24) is 0 Å². The third kappa shape index (κ3) is 6.99. The van der Waals surface area contributed by atoms with Crippen LogP contribution < -0.4 is 0 Å². The first-order chi connectivity index (χ1) is 8.45. The molecule has 0 aromatic heterocycles. The number of sulfone groups is 1. The highest BCUT2D eigenvalue weighted by molar-refractivity contribution is 7.92. The molecule has 5 heteroatoms. The molecule has 0 bridgehead atoms. The molecule has 0 amide bonds. The Morgan fingerprint density at radius 1 is 1.06 bits per heavy atom. The third-order valence-corrected chi connectivity index (χ3v) is 5.07. The van der Waals surface area contributed by atoms with E-state index in [0.29, 0.717) is 6.42 Å². The predicted molar refractivity (Wildman–Crippen MR) is 73.3 cm³/mol. The van der Waals surface area contributed by atoms with Crippen LogP contribution in [0.15, 0.2) is 0 Å². The van der Waals surface area contributed by atoms with Crippen LogP contribution in [0.25, 0.3) is 0 Å². The number of unbranched alkanes of at least 4 members (excludes halogenated alkanes) is 5. The lowest BCUT2D eigenvalue weighted by Crippen LogP contribution is -2.31. The molecule has 0 aliphatic carbocycles. The second-order valence-electron chi connectivity index (χ2n) is 4.53. The largest absolute Gasteiger partial charge is 0.465 e. The molecular formula is C13H26O4S. The second kappa shape index (κ2) is 9.36. The molecule has 0 aromatic rings. The first-order valence-corrected chi connectivity index (χ1v) is 8.55. The van der Waals surface area contributed by atoms with Crippen molar-refractivity contribution in [3.63, 3.8) is 0 Å². The van der Waals surface area contributed by atoms with E-state index in [2.05, 4.69) is 6.92 Å². The number of hydrogen-bond acceptors (Lipinski definition) is 4. The Bertz CT molecular complexity index is 322. The number of carbonyl (C=O) groups is 1. The van der Waals surface area contributed by atoms with Crippen molar-refractivity contribution in [2.24, 2.45) is 0 Å². The van der Waals surface area contributed by atoms with Gasteiger partial charge in [-0.05, 0) is 20.3 Å². The van der Waals surface area contributed by atoms with Crippen LogP contribution >= 0.6 is 0 Å². The smallest absolute Gasteiger partial charge is 0.324 e. The Hall–Kier alpha value is -0.580. The van der Waals surface area contributed by atoms with Gasteiger partial charge in [-0.1, -0.05) is 39.0 Å². The van der Waals surface area contributed by atoms with E-state index in [1.807, 2.05) is 0 Å². The lowest BCUT2D eigenvalue weighted by Gasteiger charge is -2.11. The average molecular weight is 278 g/mol. The summed E-state index contributed by atoms with van der Waals surface area (Å²) in [6, 6.07) is 0. The average Bonchev–Trinajstić information content (AvgIpc) is 2.33. The zero-order valence-electron chi connectivity index (χ0n) is 11.8. The van der Waals surface area contributed by atoms with Crippen LogP contribution in [0.3, 0.4) is 0 Å². The van der Waals surface area contributed by atoms with Gasteiger partial charge in [0.2, 0.25) is 0 Å². The van der Waals surface area contributed by atoms with Crippen LogP contribution in [0.5, 0.6) is 0 Å². The first-order valence-electron chi connectivity index (χ1n) is 6.83. The topological polar surface area (TPSA) is 60.4 Å². The normalized spacial score (nSPS) is 13.3. The standard InChI is InChI=1S/C13H26O4S/c1-4-6-7-8-9-10-11-18(15,16)12(3)13(14)17-5-2/h12H,4-11H2,1-3H3/t12-/m1/s1. The molecule has 0 aliphatic heterocycles. The quantitative estimate of drug-likeness (QED) is 0.455. The summed E-state index contributed by atoms with van der Waals surface area (Å²) in [5.41, 5.74) is 0. The first kappa shape index (κ1) is 17.4. The molecule has 0 unspecified atom stereocenters. The predicted octanol–water partition coefficient (Wildman–Crippen LogP) is 2.71. The highest BCUT2D eigenvalue weighted by Gasteiger charge is 2.28. The number of esters is 1. The van der Waals surface area contributed by atoms with Crippen molar-refractivity contribution < 1.29 is 17.9 Å². The van der Waals surface area contributed by atoms with Gasteiger partial charge in [0.25, 0.3) is 0 Å². The van der Waals surface area contributed by atoms with E-state index >= 15 is 0 Å². The minimum absolute atomic E-state index is 0.0824. The summed E-state index contributed by atoms with van der Waals surface area (Å²) in [7, 11) is -3.35. The molecule has 0 saturated heterocycles. The van der Waals surface area contributed by atoms with Crippen molar-refractivity contribution in [3.8, 4) is 0 Å². The fraction of sp³-hybridized carbons (Fsp3) is 0.923. The van der Waals surface area contributed by atoms with E-state index < -0.39 is 21.1 Å². The van der Waals surface area contributed by atoms with Gasteiger partial charge in [0, 0.05) is 0 Å². The van der Waals surface area contributed by atoms with Crippen molar-refractivity contribution in [3.05, 3.63) is 0 Å². The zero-order chi connectivity index (χ0) is 14.0. The van der Waals surface area contributed by atoms with Crippen LogP contribution in [0.2, 0.25) is 0 Å². The van der Waals surface area contributed by atoms with Gasteiger partial charge in [0.1, 0.15) is 0 Å². The van der Waals surface area contributed by atoms with Gasteiger partial charge in [-0.15, -0.1) is 0 Å². The summed E-state index contributed by atoms with van der Waals surface area (Å²) >= 11 is 0. The highest BCUT2D eigenvalue weighted by Crippen LogP contribution is 2.10. The Kier molecular flexibility index (Phi) is 9.06. The summed E-state index contributed by atoms with van der Waals surface area (Å²) in [5, 5.41) is -1.03. The van der Waals surface area contributed by atoms with E-state index in [1.54, 1.807) is 6.92 Å². The molecule has 0 saturated carbocycles. The van der Waals surface area contributed by atoms with Gasteiger partial charge in [0.05, 0.1) is 12.4 Å². The lowest BCUT2D eigenvalue weighted by molar-refractivity contribution is -0.142. The molecule has 1 atom stereocenters. The Labute approximate surface area is 111 Å². The molecule has 0 aliphatic rings. The number of hydrogen-bond donors (Lipinski definition) is 0. The van der Waals surface area contributed by atoms with E-state index in [4.69, 9.17) is 4.74 Å². The molecule has 0 fully saturated rings. The molecule has 0 spiro atoms. The highest BCUT2D eigenvalue weighted by atomic mass is 32.2. The minimum atomic E-state index is -3.35. The SMILES string of the molecule is CCCCCCCCS(=O)(=O)[C@H](C)C(=O)OCC. The van der Waals surface area contributed by atoms with Crippen molar-refractivity contribution >= 4 is 15.8 Å². The van der Waals surface area contributed by atoms with E-state index in [9.17, 15) is 13.2 Å². The summed E-state index contributed by atoms with van der Waals surface area (Å²) in [4.78, 5) is 11.4. The van der Waals surface area contributed by atoms with Crippen LogP contribution in [-0.4, -0.2) is 32.0 Å². The van der Waals surface area contributed by atoms with Crippen molar-refractivity contribution in [2.75, 3.05) is 12.4 Å². The molecule has 0 N–H and O–H groups in total. The van der Waals surface area contributed by atoms with Crippen LogP contribution in [-0.2, 0) is 19.4 Å². The Morgan fingerprint density at radius 2 is 1.61 bits per heavy atom. The summed E-state index contributed by atoms with van der Waals surface area (Å²) in [6.45, 7) is 5.44. The maximum absolute atomic E-state index is 11.8. The molecule has 108 valence electrons. The molecule has 0 aromatic carbocycles. The number of ether oxygens (including phenoxy) is 1. The molecule has 0 rings (SSSR count). The monoisotopic (exact) mass is 278 g/mol. The van der Waals surface area contributed by atoms with Crippen LogP contribution in [0.4, 0.5) is 0 Å². The molecule has 0 radical (unpaired) electrons. The Morgan fingerprint density at radius 3 is 2.17 bits per heavy atom. The van der Waals surface area contributed by atoms with Gasteiger partial charge in [-0.25, -0.2) is 8.42 Å². The minimum Gasteiger partial charge on any atom is -0.465 e. The van der Waals surface area contributed by atoms with Crippen LogP contribution in [0, 0.1) is 0 Å². The zero-order valence-corrected chi connectivity index (χ0v) is 12.6. The molecular weight excluding hydrogens is 252 g/mol. The third-order valence-electron chi connectivity index (χ3n) is 2.94. The Balaban J connectivity index is 3.96. The van der Waals surface area contributed by atoms with Crippen LogP contribution in [0.1, 0.15) is 59.3 Å². The maximum atomic E-state index is 11.8. The van der Waals surface area contributed by atoms with E-state index in [1.165, 1.54) is 19.8 Å². The number of rotatable bonds is 10. The number of carbonyl (C=O) groups excluding carboxylic acids is 1. The molecule has 4 nitrogen and oxygen atoms in total. The van der Waals surface area contributed by atoms with E-state index in [-0.39, 0.29) is 12.4 Å². The van der Waals surface area contributed by atoms with Gasteiger partial charge < -0.3 is 4.74 Å². The van der Waals surface area contributed by atoms with Crippen molar-refractivity contribution in [2.45, 2.75) is 64.5 Å². The van der Waals surface area contributed by atoms with Gasteiger partial charge in [0.15, 0.2) is 15.1 Å².